The fourth-order valence-corrected chi connectivity index (χ4v) is 0.934. The summed E-state index contributed by atoms with van der Waals surface area (Å²) < 4.78 is 0. The summed E-state index contributed by atoms with van der Waals surface area (Å²) in [5.74, 6) is 2.37. The highest BCUT2D eigenvalue weighted by Crippen LogP contribution is 2.16. The summed E-state index contributed by atoms with van der Waals surface area (Å²) >= 11 is 11.2. The van der Waals surface area contributed by atoms with E-state index < -0.39 is 0 Å². The Balaban J connectivity index is 3.23. The molecule has 0 N–H and O–H groups in total. The van der Waals surface area contributed by atoms with Crippen molar-refractivity contribution in [2.45, 2.75) is 0 Å². The van der Waals surface area contributed by atoms with Gasteiger partial charge in [0.25, 0.3) is 0 Å². The van der Waals surface area contributed by atoms with E-state index in [1.807, 2.05) is 0 Å². The number of pyridine rings is 1. The average molecular weight is 172 g/mol. The maximum atomic E-state index is 5.66. The lowest BCUT2D eigenvalue weighted by molar-refractivity contribution is 1.31. The third-order valence-corrected chi connectivity index (χ3v) is 1.50. The summed E-state index contributed by atoms with van der Waals surface area (Å²) in [5.41, 5.74) is 0.561. The summed E-state index contributed by atoms with van der Waals surface area (Å²) in [6.07, 6.45) is 6.55. The predicted octanol–water partition coefficient (Wildman–Crippen LogP) is 2.37. The van der Waals surface area contributed by atoms with Crippen molar-refractivity contribution in [3.63, 3.8) is 0 Å². The van der Waals surface area contributed by atoms with E-state index in [9.17, 15) is 0 Å². The SMILES string of the molecule is C#Cc1cnc(Cl)cc1Cl. The van der Waals surface area contributed by atoms with Crippen LogP contribution in [0.5, 0.6) is 0 Å². The van der Waals surface area contributed by atoms with Gasteiger partial charge in [0.2, 0.25) is 0 Å². The molecule has 0 aliphatic heterocycles. The number of nitrogens with zero attached hydrogens (tertiary/aromatic N) is 1. The van der Waals surface area contributed by atoms with Crippen LogP contribution in [-0.2, 0) is 0 Å². The Hall–Kier alpha value is -0.710. The highest BCUT2D eigenvalue weighted by molar-refractivity contribution is 6.34. The smallest absolute Gasteiger partial charge is 0.130 e. The van der Waals surface area contributed by atoms with Crippen LogP contribution in [0.3, 0.4) is 0 Å². The lowest BCUT2D eigenvalue weighted by Crippen LogP contribution is -1.79. The number of rotatable bonds is 0. The van der Waals surface area contributed by atoms with E-state index in [1.165, 1.54) is 12.3 Å². The molecule has 0 radical (unpaired) electrons. The molecule has 0 aliphatic rings. The first kappa shape index (κ1) is 7.40. The van der Waals surface area contributed by atoms with E-state index in [0.717, 1.165) is 0 Å². The molecule has 1 rings (SSSR count). The van der Waals surface area contributed by atoms with Crippen molar-refractivity contribution in [2.75, 3.05) is 0 Å². The Labute approximate surface area is 69.0 Å². The molecule has 1 aromatic heterocycles. The van der Waals surface area contributed by atoms with Gasteiger partial charge in [-0.2, -0.15) is 0 Å². The largest absolute Gasteiger partial charge is 0.243 e. The lowest BCUT2D eigenvalue weighted by atomic mass is 10.3. The summed E-state index contributed by atoms with van der Waals surface area (Å²) in [6.45, 7) is 0. The molecule has 0 atom stereocenters. The molecule has 0 aromatic carbocycles. The van der Waals surface area contributed by atoms with E-state index in [0.29, 0.717) is 15.7 Å². The van der Waals surface area contributed by atoms with Crippen molar-refractivity contribution in [1.82, 2.24) is 4.98 Å². The van der Waals surface area contributed by atoms with Gasteiger partial charge in [0, 0.05) is 6.20 Å². The van der Waals surface area contributed by atoms with Gasteiger partial charge in [0.1, 0.15) is 5.15 Å². The zero-order chi connectivity index (χ0) is 7.56. The summed E-state index contributed by atoms with van der Waals surface area (Å²) in [5, 5.41) is 0.812. The summed E-state index contributed by atoms with van der Waals surface area (Å²) in [4.78, 5) is 3.75. The van der Waals surface area contributed by atoms with E-state index in [-0.39, 0.29) is 0 Å². The monoisotopic (exact) mass is 171 g/mol. The molecule has 0 unspecified atom stereocenters. The molecule has 3 heteroatoms. The molecule has 0 fully saturated rings. The van der Waals surface area contributed by atoms with Crippen LogP contribution in [0, 0.1) is 12.3 Å². The molecule has 0 bridgehead atoms. The first-order chi connectivity index (χ1) is 4.74. The molecule has 50 valence electrons. The predicted molar refractivity (Wildman–Crippen MR) is 42.2 cm³/mol. The van der Waals surface area contributed by atoms with Gasteiger partial charge in [-0.1, -0.05) is 29.1 Å². The van der Waals surface area contributed by atoms with Crippen molar-refractivity contribution < 1.29 is 0 Å². The molecule has 1 aromatic rings. The molecular weight excluding hydrogens is 169 g/mol. The maximum absolute atomic E-state index is 5.66. The molecule has 0 amide bonds. The molecule has 10 heavy (non-hydrogen) atoms. The van der Waals surface area contributed by atoms with Crippen LogP contribution in [0.2, 0.25) is 10.2 Å². The Morgan fingerprint density at radius 2 is 2.20 bits per heavy atom. The van der Waals surface area contributed by atoms with Crippen LogP contribution in [-0.4, -0.2) is 4.98 Å². The number of halogens is 2. The van der Waals surface area contributed by atoms with E-state index in [4.69, 9.17) is 29.6 Å². The molecule has 0 saturated heterocycles. The van der Waals surface area contributed by atoms with Crippen molar-refractivity contribution >= 4 is 23.2 Å². The van der Waals surface area contributed by atoms with Gasteiger partial charge in [-0.3, -0.25) is 0 Å². The highest BCUT2D eigenvalue weighted by Gasteiger charge is 1.96. The normalized spacial score (nSPS) is 8.90. The van der Waals surface area contributed by atoms with E-state index in [2.05, 4.69) is 10.9 Å². The molecule has 1 heterocycles. The maximum Gasteiger partial charge on any atom is 0.130 e. The van der Waals surface area contributed by atoms with Gasteiger partial charge in [-0.25, -0.2) is 4.98 Å². The van der Waals surface area contributed by atoms with Crippen LogP contribution in [0.15, 0.2) is 12.3 Å². The first-order valence-electron chi connectivity index (χ1n) is 2.51. The van der Waals surface area contributed by atoms with Gasteiger partial charge in [0.05, 0.1) is 10.6 Å². The fraction of sp³-hybridized carbons (Fsp3) is 0. The Morgan fingerprint density at radius 1 is 1.50 bits per heavy atom. The van der Waals surface area contributed by atoms with Gasteiger partial charge >= 0.3 is 0 Å². The second-order valence-electron chi connectivity index (χ2n) is 1.63. The molecule has 0 spiro atoms. The average Bonchev–Trinajstić information content (AvgIpc) is 1.88. The van der Waals surface area contributed by atoms with Crippen molar-refractivity contribution in [3.8, 4) is 12.3 Å². The van der Waals surface area contributed by atoms with Crippen molar-refractivity contribution in [3.05, 3.63) is 28.0 Å². The zero-order valence-electron chi connectivity index (χ0n) is 4.94. The summed E-state index contributed by atoms with van der Waals surface area (Å²) in [7, 11) is 0. The Bertz CT molecular complexity index is 288. The van der Waals surface area contributed by atoms with Crippen LogP contribution in [0.4, 0.5) is 0 Å². The zero-order valence-corrected chi connectivity index (χ0v) is 6.45. The number of hydrogen-bond acceptors (Lipinski definition) is 1. The van der Waals surface area contributed by atoms with Crippen LogP contribution in [0.1, 0.15) is 5.56 Å². The quantitative estimate of drug-likeness (QED) is 0.432. The minimum atomic E-state index is 0.351. The third kappa shape index (κ3) is 1.41. The van der Waals surface area contributed by atoms with Crippen LogP contribution >= 0.6 is 23.2 Å². The van der Waals surface area contributed by atoms with Gasteiger partial charge < -0.3 is 0 Å². The molecule has 0 aliphatic carbocycles. The van der Waals surface area contributed by atoms with E-state index in [1.54, 1.807) is 0 Å². The minimum Gasteiger partial charge on any atom is -0.243 e. The number of aromatic nitrogens is 1. The fourth-order valence-electron chi connectivity index (χ4n) is 0.514. The first-order valence-corrected chi connectivity index (χ1v) is 3.27. The minimum absolute atomic E-state index is 0.351. The Morgan fingerprint density at radius 3 is 2.70 bits per heavy atom. The standard InChI is InChI=1S/C7H3Cl2N/c1-2-5-4-10-7(9)3-6(5)8/h1,3-4H. The van der Waals surface area contributed by atoms with Crippen molar-refractivity contribution in [1.29, 1.82) is 0 Å². The Kier molecular flexibility index (Phi) is 2.16. The van der Waals surface area contributed by atoms with E-state index >= 15 is 0 Å². The van der Waals surface area contributed by atoms with Gasteiger partial charge in [0.15, 0.2) is 0 Å². The summed E-state index contributed by atoms with van der Waals surface area (Å²) in [6, 6.07) is 1.51. The van der Waals surface area contributed by atoms with Gasteiger partial charge in [-0.05, 0) is 6.07 Å². The van der Waals surface area contributed by atoms with Crippen LogP contribution < -0.4 is 0 Å². The second kappa shape index (κ2) is 2.92. The number of terminal acetylenes is 1. The third-order valence-electron chi connectivity index (χ3n) is 0.976. The van der Waals surface area contributed by atoms with Crippen molar-refractivity contribution in [2.24, 2.45) is 0 Å². The lowest BCUT2D eigenvalue weighted by Gasteiger charge is -1.93. The number of hydrogen-bond donors (Lipinski definition) is 0. The van der Waals surface area contributed by atoms with Crippen LogP contribution in [0.25, 0.3) is 0 Å². The molecular formula is C7H3Cl2N. The topological polar surface area (TPSA) is 12.9 Å². The highest BCUT2D eigenvalue weighted by atomic mass is 35.5. The molecule has 1 nitrogen and oxygen atoms in total. The second-order valence-corrected chi connectivity index (χ2v) is 2.43. The molecule has 0 saturated carbocycles. The van der Waals surface area contributed by atoms with Gasteiger partial charge in [-0.15, -0.1) is 6.42 Å².